The second kappa shape index (κ2) is 6.93. The number of hydrogen-bond donors (Lipinski definition) is 1. The quantitative estimate of drug-likeness (QED) is 0.630. The molecule has 0 saturated heterocycles. The van der Waals surface area contributed by atoms with Gasteiger partial charge in [0.25, 0.3) is 0 Å². The minimum atomic E-state index is -0.419. The van der Waals surface area contributed by atoms with Crippen LogP contribution in [0.3, 0.4) is 0 Å². The van der Waals surface area contributed by atoms with Crippen LogP contribution in [0.1, 0.15) is 44.6 Å². The molecule has 1 atom stereocenters. The molecule has 1 fully saturated rings. The van der Waals surface area contributed by atoms with Crippen LogP contribution < -0.4 is 5.73 Å². The maximum atomic E-state index is 12.5. The van der Waals surface area contributed by atoms with Crippen LogP contribution in [-0.4, -0.2) is 17.7 Å². The summed E-state index contributed by atoms with van der Waals surface area (Å²) in [6.45, 7) is 2.85. The van der Waals surface area contributed by atoms with E-state index in [4.69, 9.17) is 5.73 Å². The van der Waals surface area contributed by atoms with Crippen molar-refractivity contribution in [1.82, 2.24) is 0 Å². The van der Waals surface area contributed by atoms with E-state index in [1.54, 1.807) is 0 Å². The molecule has 0 aliphatic heterocycles. The first-order chi connectivity index (χ1) is 9.96. The summed E-state index contributed by atoms with van der Waals surface area (Å²) >= 11 is 6.85. The van der Waals surface area contributed by atoms with Crippen molar-refractivity contribution in [2.24, 2.45) is 11.1 Å². The summed E-state index contributed by atoms with van der Waals surface area (Å²) in [7, 11) is 0. The van der Waals surface area contributed by atoms with E-state index < -0.39 is 5.41 Å². The molecule has 0 radical (unpaired) electrons. The highest BCUT2D eigenvalue weighted by Crippen LogP contribution is 2.49. The summed E-state index contributed by atoms with van der Waals surface area (Å²) in [5, 5.41) is 0.401. The molecule has 21 heavy (non-hydrogen) atoms. The molecule has 0 spiro atoms. The standard InChI is InChI=1S/C17H23Br2NO/c1-16(15(21)11-18,13-4-2-5-14(19)10-13)6-3-7-17(12-20)8-9-17/h2,4-5,10H,3,6-9,11-12,20H2,1H3. The fraction of sp³-hybridized carbons (Fsp3) is 0.588. The summed E-state index contributed by atoms with van der Waals surface area (Å²) in [4.78, 5) is 12.5. The average Bonchev–Trinajstić information content (AvgIpc) is 3.26. The minimum Gasteiger partial charge on any atom is -0.330 e. The van der Waals surface area contributed by atoms with Gasteiger partial charge in [-0.15, -0.1) is 0 Å². The van der Waals surface area contributed by atoms with Crippen molar-refractivity contribution in [3.8, 4) is 0 Å². The Morgan fingerprint density at radius 1 is 1.43 bits per heavy atom. The number of Topliss-reactive ketones (excluding diaryl/α,β-unsaturated/α-hetero) is 1. The Labute approximate surface area is 144 Å². The molecular weight excluding hydrogens is 394 g/mol. The van der Waals surface area contributed by atoms with Crippen LogP contribution in [0.2, 0.25) is 0 Å². The third kappa shape index (κ3) is 3.96. The molecule has 4 heteroatoms. The number of carbonyl (C=O) groups excluding carboxylic acids is 1. The molecule has 0 heterocycles. The monoisotopic (exact) mass is 415 g/mol. The Morgan fingerprint density at radius 2 is 2.14 bits per heavy atom. The lowest BCUT2D eigenvalue weighted by Crippen LogP contribution is -2.34. The van der Waals surface area contributed by atoms with Crippen molar-refractivity contribution in [3.63, 3.8) is 0 Å². The molecular formula is C17H23Br2NO. The smallest absolute Gasteiger partial charge is 0.153 e. The number of halogens is 2. The molecule has 1 aromatic rings. The van der Waals surface area contributed by atoms with Crippen LogP contribution in [0, 0.1) is 5.41 Å². The molecule has 116 valence electrons. The SMILES string of the molecule is CC(CCCC1(CN)CC1)(C(=O)CBr)c1cccc(Br)c1. The Hall–Kier alpha value is -0.190. The minimum absolute atomic E-state index is 0.248. The molecule has 1 unspecified atom stereocenters. The van der Waals surface area contributed by atoms with E-state index in [9.17, 15) is 4.79 Å². The van der Waals surface area contributed by atoms with Gasteiger partial charge in [0.2, 0.25) is 0 Å². The van der Waals surface area contributed by atoms with Crippen molar-refractivity contribution >= 4 is 37.6 Å². The van der Waals surface area contributed by atoms with Crippen molar-refractivity contribution in [3.05, 3.63) is 34.3 Å². The first-order valence-electron chi connectivity index (χ1n) is 7.51. The van der Waals surface area contributed by atoms with Gasteiger partial charge >= 0.3 is 0 Å². The van der Waals surface area contributed by atoms with Gasteiger partial charge in [0, 0.05) is 4.47 Å². The number of rotatable bonds is 8. The van der Waals surface area contributed by atoms with Crippen LogP contribution >= 0.6 is 31.9 Å². The highest BCUT2D eigenvalue weighted by molar-refractivity contribution is 9.10. The molecule has 1 aliphatic rings. The Bertz CT molecular complexity index is 513. The van der Waals surface area contributed by atoms with Gasteiger partial charge in [-0.05, 0) is 62.3 Å². The molecule has 1 saturated carbocycles. The lowest BCUT2D eigenvalue weighted by atomic mass is 9.74. The molecule has 2 nitrogen and oxygen atoms in total. The third-order valence-corrected chi connectivity index (χ3v) is 5.98. The zero-order valence-corrected chi connectivity index (χ0v) is 15.7. The number of carbonyl (C=O) groups is 1. The highest BCUT2D eigenvalue weighted by atomic mass is 79.9. The third-order valence-electron chi connectivity index (χ3n) is 4.97. The van der Waals surface area contributed by atoms with Gasteiger partial charge in [0.15, 0.2) is 5.78 Å². The first-order valence-corrected chi connectivity index (χ1v) is 9.43. The Balaban J connectivity index is 2.11. The zero-order valence-electron chi connectivity index (χ0n) is 12.5. The predicted molar refractivity (Wildman–Crippen MR) is 94.9 cm³/mol. The molecule has 0 bridgehead atoms. The van der Waals surface area contributed by atoms with Gasteiger partial charge in [0.1, 0.15) is 0 Å². The number of nitrogens with two attached hydrogens (primary N) is 1. The normalized spacial score (nSPS) is 19.0. The van der Waals surface area contributed by atoms with Crippen LogP contribution in [0.25, 0.3) is 0 Å². The maximum absolute atomic E-state index is 12.5. The fourth-order valence-corrected chi connectivity index (χ4v) is 3.99. The predicted octanol–water partition coefficient (Wildman–Crippen LogP) is 4.58. The lowest BCUT2D eigenvalue weighted by Gasteiger charge is -2.29. The molecule has 0 aromatic heterocycles. The Morgan fingerprint density at radius 3 is 2.67 bits per heavy atom. The van der Waals surface area contributed by atoms with Crippen molar-refractivity contribution in [1.29, 1.82) is 0 Å². The van der Waals surface area contributed by atoms with Crippen molar-refractivity contribution in [2.75, 3.05) is 11.9 Å². The molecule has 1 aromatic carbocycles. The van der Waals surface area contributed by atoms with E-state index in [1.165, 1.54) is 12.8 Å². The van der Waals surface area contributed by atoms with Gasteiger partial charge in [0.05, 0.1) is 10.7 Å². The summed E-state index contributed by atoms with van der Waals surface area (Å²) in [5.74, 6) is 0.248. The van der Waals surface area contributed by atoms with E-state index >= 15 is 0 Å². The summed E-state index contributed by atoms with van der Waals surface area (Å²) < 4.78 is 1.02. The van der Waals surface area contributed by atoms with Crippen molar-refractivity contribution in [2.45, 2.75) is 44.4 Å². The fourth-order valence-electron chi connectivity index (χ4n) is 2.97. The van der Waals surface area contributed by atoms with Gasteiger partial charge in [-0.25, -0.2) is 0 Å². The lowest BCUT2D eigenvalue weighted by molar-refractivity contribution is -0.121. The van der Waals surface area contributed by atoms with Gasteiger partial charge in [-0.3, -0.25) is 4.79 Å². The number of benzene rings is 1. The summed E-state index contributed by atoms with van der Waals surface area (Å²) in [6.07, 6.45) is 5.59. The van der Waals surface area contributed by atoms with Gasteiger partial charge in [-0.1, -0.05) is 50.4 Å². The second-order valence-electron chi connectivity index (χ2n) is 6.46. The topological polar surface area (TPSA) is 43.1 Å². The average molecular weight is 417 g/mol. The van der Waals surface area contributed by atoms with E-state index in [-0.39, 0.29) is 5.78 Å². The first kappa shape index (κ1) is 17.2. The molecule has 0 amide bonds. The van der Waals surface area contributed by atoms with E-state index in [0.717, 1.165) is 35.8 Å². The van der Waals surface area contributed by atoms with E-state index in [0.29, 0.717) is 10.7 Å². The number of alkyl halides is 1. The van der Waals surface area contributed by atoms with Crippen LogP contribution in [0.5, 0.6) is 0 Å². The van der Waals surface area contributed by atoms with Gasteiger partial charge in [-0.2, -0.15) is 0 Å². The molecule has 1 aliphatic carbocycles. The van der Waals surface area contributed by atoms with Gasteiger partial charge < -0.3 is 5.73 Å². The molecule has 2 N–H and O–H groups in total. The Kier molecular flexibility index (Phi) is 5.66. The van der Waals surface area contributed by atoms with E-state index in [1.807, 2.05) is 12.1 Å². The highest BCUT2D eigenvalue weighted by Gasteiger charge is 2.41. The van der Waals surface area contributed by atoms with Crippen LogP contribution in [0.4, 0.5) is 0 Å². The maximum Gasteiger partial charge on any atom is 0.153 e. The van der Waals surface area contributed by atoms with E-state index in [2.05, 4.69) is 50.9 Å². The second-order valence-corrected chi connectivity index (χ2v) is 7.93. The van der Waals surface area contributed by atoms with Crippen LogP contribution in [-0.2, 0) is 10.2 Å². The summed E-state index contributed by atoms with van der Waals surface area (Å²) in [5.41, 5.74) is 6.92. The van der Waals surface area contributed by atoms with Crippen LogP contribution in [0.15, 0.2) is 28.7 Å². The number of hydrogen-bond acceptors (Lipinski definition) is 2. The zero-order chi connectivity index (χ0) is 15.5. The van der Waals surface area contributed by atoms with Crippen molar-refractivity contribution < 1.29 is 4.79 Å². The summed E-state index contributed by atoms with van der Waals surface area (Å²) in [6, 6.07) is 8.12. The molecule has 2 rings (SSSR count). The number of ketones is 1. The largest absolute Gasteiger partial charge is 0.330 e.